The zero-order valence-electron chi connectivity index (χ0n) is 16.4. The van der Waals surface area contributed by atoms with E-state index in [-0.39, 0.29) is 5.91 Å². The molecule has 0 aliphatic carbocycles. The van der Waals surface area contributed by atoms with E-state index in [0.717, 1.165) is 49.7 Å². The molecule has 0 radical (unpaired) electrons. The van der Waals surface area contributed by atoms with Crippen molar-refractivity contribution in [3.8, 4) is 0 Å². The van der Waals surface area contributed by atoms with E-state index in [1.807, 2.05) is 23.4 Å². The van der Waals surface area contributed by atoms with Gasteiger partial charge in [0.05, 0.1) is 5.69 Å². The number of amides is 1. The molecule has 4 nitrogen and oxygen atoms in total. The minimum absolute atomic E-state index is 0.273. The van der Waals surface area contributed by atoms with E-state index in [1.54, 1.807) is 0 Å². The van der Waals surface area contributed by atoms with Crippen molar-refractivity contribution in [2.45, 2.75) is 59.4 Å². The van der Waals surface area contributed by atoms with Crippen LogP contribution in [-0.2, 0) is 17.8 Å². The van der Waals surface area contributed by atoms with Gasteiger partial charge in [-0.3, -0.25) is 9.48 Å². The molecule has 0 unspecified atom stereocenters. The van der Waals surface area contributed by atoms with Gasteiger partial charge >= 0.3 is 0 Å². The van der Waals surface area contributed by atoms with Crippen LogP contribution in [0.5, 0.6) is 0 Å². The molecular formula is C22H31N3O. The fourth-order valence-corrected chi connectivity index (χ4v) is 3.86. The van der Waals surface area contributed by atoms with Gasteiger partial charge in [0.15, 0.2) is 0 Å². The summed E-state index contributed by atoms with van der Waals surface area (Å²) in [6.07, 6.45) is 5.21. The first-order chi connectivity index (χ1) is 12.5. The number of rotatable bonds is 6. The lowest BCUT2D eigenvalue weighted by molar-refractivity contribution is -0.132. The van der Waals surface area contributed by atoms with Gasteiger partial charge in [0.1, 0.15) is 0 Å². The van der Waals surface area contributed by atoms with Crippen LogP contribution in [0.15, 0.2) is 30.3 Å². The van der Waals surface area contributed by atoms with Crippen molar-refractivity contribution >= 4 is 5.91 Å². The Labute approximate surface area is 157 Å². The second kappa shape index (κ2) is 8.52. The molecule has 3 rings (SSSR count). The van der Waals surface area contributed by atoms with Crippen molar-refractivity contribution in [2.75, 3.05) is 13.1 Å². The third-order valence-corrected chi connectivity index (χ3v) is 5.57. The van der Waals surface area contributed by atoms with Gasteiger partial charge in [-0.2, -0.15) is 5.10 Å². The number of likely N-dealkylation sites (tertiary alicyclic amines) is 1. The summed E-state index contributed by atoms with van der Waals surface area (Å²) in [6, 6.07) is 10.9. The van der Waals surface area contributed by atoms with Gasteiger partial charge < -0.3 is 4.90 Å². The Kier molecular flexibility index (Phi) is 6.12. The number of carbonyl (C=O) groups is 1. The third kappa shape index (κ3) is 4.96. The molecule has 1 saturated heterocycles. The van der Waals surface area contributed by atoms with E-state index >= 15 is 0 Å². The topological polar surface area (TPSA) is 38.1 Å². The predicted molar refractivity (Wildman–Crippen MR) is 105 cm³/mol. The number of aromatic nitrogens is 2. The third-order valence-electron chi connectivity index (χ3n) is 5.57. The van der Waals surface area contributed by atoms with E-state index in [0.29, 0.717) is 13.0 Å². The first-order valence-electron chi connectivity index (χ1n) is 9.85. The number of hydrogen-bond donors (Lipinski definition) is 0. The number of piperidine rings is 1. The Morgan fingerprint density at radius 2 is 1.81 bits per heavy atom. The molecule has 0 saturated carbocycles. The maximum Gasteiger partial charge on any atom is 0.224 e. The normalized spacial score (nSPS) is 15.4. The molecule has 0 atom stereocenters. The van der Waals surface area contributed by atoms with Crippen LogP contribution in [0.2, 0.25) is 0 Å². The Bertz CT molecular complexity index is 724. The van der Waals surface area contributed by atoms with Gasteiger partial charge in [-0.1, -0.05) is 29.8 Å². The highest BCUT2D eigenvalue weighted by Gasteiger charge is 2.22. The first-order valence-corrected chi connectivity index (χ1v) is 9.85. The fraction of sp³-hybridized carbons (Fsp3) is 0.545. The zero-order valence-corrected chi connectivity index (χ0v) is 16.4. The lowest BCUT2D eigenvalue weighted by Gasteiger charge is -2.32. The van der Waals surface area contributed by atoms with E-state index < -0.39 is 0 Å². The fourth-order valence-electron chi connectivity index (χ4n) is 3.86. The molecule has 0 bridgehead atoms. The zero-order chi connectivity index (χ0) is 18.5. The highest BCUT2D eigenvalue weighted by molar-refractivity contribution is 5.76. The molecule has 1 aromatic heterocycles. The van der Waals surface area contributed by atoms with Crippen LogP contribution in [0.3, 0.4) is 0 Å². The maximum absolute atomic E-state index is 12.5. The largest absolute Gasteiger partial charge is 0.343 e. The molecule has 4 heteroatoms. The van der Waals surface area contributed by atoms with Gasteiger partial charge in [0.25, 0.3) is 0 Å². The summed E-state index contributed by atoms with van der Waals surface area (Å²) < 4.78 is 1.95. The van der Waals surface area contributed by atoms with E-state index in [2.05, 4.69) is 42.4 Å². The molecule has 2 heterocycles. The molecule has 1 fully saturated rings. The van der Waals surface area contributed by atoms with Crippen molar-refractivity contribution < 1.29 is 4.79 Å². The van der Waals surface area contributed by atoms with Crippen molar-refractivity contribution in [3.63, 3.8) is 0 Å². The molecule has 1 amide bonds. The SMILES string of the molecule is Cc1ccc(CCC2CCN(C(=O)CCn3nc(C)cc3C)CC2)cc1. The quantitative estimate of drug-likeness (QED) is 0.785. The molecule has 1 aromatic carbocycles. The molecule has 140 valence electrons. The summed E-state index contributed by atoms with van der Waals surface area (Å²) in [5.41, 5.74) is 4.90. The predicted octanol–water partition coefficient (Wildman–Crippen LogP) is 4.07. The second-order valence-electron chi connectivity index (χ2n) is 7.75. The molecule has 0 spiro atoms. The Morgan fingerprint density at radius 1 is 1.12 bits per heavy atom. The Balaban J connectivity index is 1.39. The van der Waals surface area contributed by atoms with Gasteiger partial charge in [-0.05, 0) is 64.0 Å². The second-order valence-corrected chi connectivity index (χ2v) is 7.75. The lowest BCUT2D eigenvalue weighted by Crippen LogP contribution is -2.39. The maximum atomic E-state index is 12.5. The van der Waals surface area contributed by atoms with Crippen LogP contribution in [0.1, 0.15) is 48.2 Å². The molecular weight excluding hydrogens is 322 g/mol. The molecule has 2 aromatic rings. The van der Waals surface area contributed by atoms with Gasteiger partial charge in [0, 0.05) is 31.7 Å². The minimum Gasteiger partial charge on any atom is -0.343 e. The highest BCUT2D eigenvalue weighted by Crippen LogP contribution is 2.23. The van der Waals surface area contributed by atoms with Crippen LogP contribution < -0.4 is 0 Å². The summed E-state index contributed by atoms with van der Waals surface area (Å²) in [4.78, 5) is 14.5. The van der Waals surface area contributed by atoms with Crippen LogP contribution in [0.4, 0.5) is 0 Å². The van der Waals surface area contributed by atoms with Gasteiger partial charge in [-0.15, -0.1) is 0 Å². The van der Waals surface area contributed by atoms with Crippen molar-refractivity contribution in [2.24, 2.45) is 5.92 Å². The number of benzene rings is 1. The molecule has 0 N–H and O–H groups in total. The van der Waals surface area contributed by atoms with Crippen molar-refractivity contribution in [3.05, 3.63) is 52.8 Å². The Morgan fingerprint density at radius 3 is 2.42 bits per heavy atom. The average Bonchev–Trinajstić information content (AvgIpc) is 2.97. The number of nitrogens with zero attached hydrogens (tertiary/aromatic N) is 3. The highest BCUT2D eigenvalue weighted by atomic mass is 16.2. The number of carbonyl (C=O) groups excluding carboxylic acids is 1. The summed E-state index contributed by atoms with van der Waals surface area (Å²) in [5, 5.41) is 4.44. The first kappa shape index (κ1) is 18.7. The van der Waals surface area contributed by atoms with Crippen molar-refractivity contribution in [1.82, 2.24) is 14.7 Å². The Hall–Kier alpha value is -2.10. The average molecular weight is 354 g/mol. The van der Waals surface area contributed by atoms with E-state index in [1.165, 1.54) is 17.5 Å². The summed E-state index contributed by atoms with van der Waals surface area (Å²) in [7, 11) is 0. The van der Waals surface area contributed by atoms with Crippen LogP contribution in [0, 0.1) is 26.7 Å². The number of aryl methyl sites for hydroxylation is 5. The van der Waals surface area contributed by atoms with Crippen LogP contribution in [-0.4, -0.2) is 33.7 Å². The van der Waals surface area contributed by atoms with Gasteiger partial charge in [0.2, 0.25) is 5.91 Å². The van der Waals surface area contributed by atoms with Crippen LogP contribution >= 0.6 is 0 Å². The molecule has 1 aliphatic heterocycles. The standard InChI is InChI=1S/C22H31N3O/c1-17-4-6-20(7-5-17)8-9-21-10-13-24(14-11-21)22(26)12-15-25-19(3)16-18(2)23-25/h4-7,16,21H,8-15H2,1-3H3. The monoisotopic (exact) mass is 353 g/mol. The van der Waals surface area contributed by atoms with E-state index in [4.69, 9.17) is 0 Å². The van der Waals surface area contributed by atoms with Crippen molar-refractivity contribution in [1.29, 1.82) is 0 Å². The molecule has 1 aliphatic rings. The minimum atomic E-state index is 0.273. The number of hydrogen-bond acceptors (Lipinski definition) is 2. The summed E-state index contributed by atoms with van der Waals surface area (Å²) >= 11 is 0. The lowest BCUT2D eigenvalue weighted by atomic mass is 9.90. The van der Waals surface area contributed by atoms with E-state index in [9.17, 15) is 4.79 Å². The van der Waals surface area contributed by atoms with Crippen LogP contribution in [0.25, 0.3) is 0 Å². The summed E-state index contributed by atoms with van der Waals surface area (Å²) in [6.45, 7) is 8.68. The van der Waals surface area contributed by atoms with Gasteiger partial charge in [-0.25, -0.2) is 0 Å². The molecule has 26 heavy (non-hydrogen) atoms. The smallest absolute Gasteiger partial charge is 0.224 e. The summed E-state index contributed by atoms with van der Waals surface area (Å²) in [5.74, 6) is 1.02.